The van der Waals surface area contributed by atoms with Crippen LogP contribution in [0.5, 0.6) is 5.75 Å². The number of benzene rings is 1. The van der Waals surface area contributed by atoms with Crippen LogP contribution in [0.2, 0.25) is 0 Å². The molecule has 1 fully saturated rings. The molecule has 3 rings (SSSR count). The summed E-state index contributed by atoms with van der Waals surface area (Å²) in [6.07, 6.45) is 2.80. The van der Waals surface area contributed by atoms with Crippen molar-refractivity contribution < 1.29 is 14.6 Å². The largest absolute Gasteiger partial charge is 0.484 e. The van der Waals surface area contributed by atoms with Gasteiger partial charge in [-0.05, 0) is 68.0 Å². The number of aliphatic hydroxyl groups is 1. The van der Waals surface area contributed by atoms with Crippen molar-refractivity contribution in [3.63, 3.8) is 0 Å². The Kier molecular flexibility index (Phi) is 5.34. The molecule has 25 heavy (non-hydrogen) atoms. The van der Waals surface area contributed by atoms with Gasteiger partial charge in [0.2, 0.25) is 0 Å². The first-order chi connectivity index (χ1) is 12.0. The maximum absolute atomic E-state index is 12.4. The molecule has 132 valence electrons. The zero-order valence-corrected chi connectivity index (χ0v) is 14.6. The van der Waals surface area contributed by atoms with Gasteiger partial charge in [0.1, 0.15) is 5.75 Å². The lowest BCUT2D eigenvalue weighted by atomic mass is 9.76. The minimum Gasteiger partial charge on any atom is -0.484 e. The first-order valence-corrected chi connectivity index (χ1v) is 8.61. The molecule has 1 aromatic heterocycles. The summed E-state index contributed by atoms with van der Waals surface area (Å²) in [5.41, 5.74) is 3.14. The second-order valence-corrected chi connectivity index (χ2v) is 6.72. The van der Waals surface area contributed by atoms with Gasteiger partial charge in [-0.25, -0.2) is 0 Å². The molecule has 0 aliphatic heterocycles. The highest BCUT2D eigenvalue weighted by atomic mass is 16.5. The van der Waals surface area contributed by atoms with Gasteiger partial charge < -0.3 is 15.2 Å². The SMILES string of the molecule is Cc1ccc(OCC(=O)NC(c2ccccn2)C2CC(O)C2)cc1C. The Morgan fingerprint density at radius 3 is 2.72 bits per heavy atom. The maximum atomic E-state index is 12.4. The van der Waals surface area contributed by atoms with E-state index in [0.717, 1.165) is 11.3 Å². The van der Waals surface area contributed by atoms with Crippen LogP contribution in [0.3, 0.4) is 0 Å². The molecule has 0 spiro atoms. The van der Waals surface area contributed by atoms with Gasteiger partial charge in [-0.1, -0.05) is 12.1 Å². The van der Waals surface area contributed by atoms with Gasteiger partial charge in [-0.3, -0.25) is 9.78 Å². The monoisotopic (exact) mass is 340 g/mol. The Labute approximate surface area is 148 Å². The van der Waals surface area contributed by atoms with Crippen molar-refractivity contribution in [2.24, 2.45) is 5.92 Å². The van der Waals surface area contributed by atoms with Gasteiger partial charge in [0.25, 0.3) is 5.91 Å². The summed E-state index contributed by atoms with van der Waals surface area (Å²) < 4.78 is 5.61. The Morgan fingerprint density at radius 1 is 1.28 bits per heavy atom. The molecule has 2 N–H and O–H groups in total. The third-order valence-electron chi connectivity index (χ3n) is 4.79. The fourth-order valence-electron chi connectivity index (χ4n) is 3.06. The van der Waals surface area contributed by atoms with E-state index in [1.54, 1.807) is 6.20 Å². The highest BCUT2D eigenvalue weighted by molar-refractivity contribution is 5.78. The number of hydrogen-bond donors (Lipinski definition) is 2. The van der Waals surface area contributed by atoms with Crippen molar-refractivity contribution >= 4 is 5.91 Å². The minimum absolute atomic E-state index is 0.0406. The lowest BCUT2D eigenvalue weighted by molar-refractivity contribution is -0.125. The van der Waals surface area contributed by atoms with Crippen LogP contribution in [0.4, 0.5) is 0 Å². The molecule has 2 aromatic rings. The summed E-state index contributed by atoms with van der Waals surface area (Å²) in [5.74, 6) is 0.706. The average Bonchev–Trinajstić information content (AvgIpc) is 2.59. The highest BCUT2D eigenvalue weighted by Gasteiger charge is 2.36. The van der Waals surface area contributed by atoms with Gasteiger partial charge in [0, 0.05) is 6.20 Å². The van der Waals surface area contributed by atoms with Gasteiger partial charge in [0.05, 0.1) is 17.8 Å². The normalized spacial score (nSPS) is 20.4. The number of ether oxygens (including phenoxy) is 1. The number of nitrogens with one attached hydrogen (secondary N) is 1. The molecule has 1 saturated carbocycles. The number of aliphatic hydroxyl groups excluding tert-OH is 1. The van der Waals surface area contributed by atoms with E-state index in [-0.39, 0.29) is 30.6 Å². The Balaban J connectivity index is 1.61. The van der Waals surface area contributed by atoms with Crippen molar-refractivity contribution in [2.75, 3.05) is 6.61 Å². The molecule has 1 atom stereocenters. The molecule has 0 radical (unpaired) electrons. The molecule has 5 nitrogen and oxygen atoms in total. The van der Waals surface area contributed by atoms with E-state index in [1.165, 1.54) is 5.56 Å². The molecule has 0 saturated heterocycles. The molecule has 1 heterocycles. The average molecular weight is 340 g/mol. The fourth-order valence-corrected chi connectivity index (χ4v) is 3.06. The Bertz CT molecular complexity index is 727. The molecule has 1 aromatic carbocycles. The number of pyridine rings is 1. The summed E-state index contributed by atoms with van der Waals surface area (Å²) >= 11 is 0. The van der Waals surface area contributed by atoms with Crippen molar-refractivity contribution in [1.82, 2.24) is 10.3 Å². The van der Waals surface area contributed by atoms with Crippen LogP contribution in [0.15, 0.2) is 42.6 Å². The first kappa shape index (κ1) is 17.4. The topological polar surface area (TPSA) is 71.5 Å². The summed E-state index contributed by atoms with van der Waals surface area (Å²) in [7, 11) is 0. The fraction of sp³-hybridized carbons (Fsp3) is 0.400. The van der Waals surface area contributed by atoms with E-state index >= 15 is 0 Å². The van der Waals surface area contributed by atoms with Crippen LogP contribution < -0.4 is 10.1 Å². The predicted molar refractivity (Wildman–Crippen MR) is 95.3 cm³/mol. The van der Waals surface area contributed by atoms with Crippen molar-refractivity contribution in [3.05, 3.63) is 59.4 Å². The van der Waals surface area contributed by atoms with Crippen molar-refractivity contribution in [3.8, 4) is 5.75 Å². The standard InChI is InChI=1S/C20H24N2O3/c1-13-6-7-17(9-14(13)2)25-12-19(24)22-20(15-10-16(23)11-15)18-5-3-4-8-21-18/h3-9,15-16,20,23H,10-12H2,1-2H3,(H,22,24). The summed E-state index contributed by atoms with van der Waals surface area (Å²) in [5, 5.41) is 12.6. The van der Waals surface area contributed by atoms with Crippen LogP contribution >= 0.6 is 0 Å². The van der Waals surface area contributed by atoms with E-state index in [1.807, 2.05) is 50.2 Å². The second-order valence-electron chi connectivity index (χ2n) is 6.72. The van der Waals surface area contributed by atoms with Crippen LogP contribution in [-0.2, 0) is 4.79 Å². The lowest BCUT2D eigenvalue weighted by Crippen LogP contribution is -2.43. The molecule has 5 heteroatoms. The quantitative estimate of drug-likeness (QED) is 0.848. The Morgan fingerprint density at radius 2 is 2.08 bits per heavy atom. The number of carbonyl (C=O) groups is 1. The number of nitrogens with zero attached hydrogens (tertiary/aromatic N) is 1. The summed E-state index contributed by atoms with van der Waals surface area (Å²) in [6, 6.07) is 11.2. The lowest BCUT2D eigenvalue weighted by Gasteiger charge is -2.37. The van der Waals surface area contributed by atoms with Crippen LogP contribution in [0.25, 0.3) is 0 Å². The predicted octanol–water partition coefficient (Wildman–Crippen LogP) is 2.71. The maximum Gasteiger partial charge on any atom is 0.258 e. The number of carbonyl (C=O) groups excluding carboxylic acids is 1. The van der Waals surface area contributed by atoms with Crippen LogP contribution in [-0.4, -0.2) is 28.7 Å². The zero-order valence-electron chi connectivity index (χ0n) is 14.6. The van der Waals surface area contributed by atoms with Gasteiger partial charge in [-0.15, -0.1) is 0 Å². The van der Waals surface area contributed by atoms with E-state index in [9.17, 15) is 9.90 Å². The van der Waals surface area contributed by atoms with E-state index < -0.39 is 0 Å². The minimum atomic E-state index is -0.278. The smallest absolute Gasteiger partial charge is 0.258 e. The van der Waals surface area contributed by atoms with E-state index in [2.05, 4.69) is 10.3 Å². The first-order valence-electron chi connectivity index (χ1n) is 8.61. The van der Waals surface area contributed by atoms with Gasteiger partial charge >= 0.3 is 0 Å². The molecular formula is C20H24N2O3. The molecule has 1 aliphatic carbocycles. The number of hydrogen-bond acceptors (Lipinski definition) is 4. The number of amides is 1. The van der Waals surface area contributed by atoms with Crippen molar-refractivity contribution in [2.45, 2.75) is 38.8 Å². The van der Waals surface area contributed by atoms with E-state index in [0.29, 0.717) is 18.6 Å². The molecule has 1 amide bonds. The molecular weight excluding hydrogens is 316 g/mol. The van der Waals surface area contributed by atoms with Gasteiger partial charge in [0.15, 0.2) is 6.61 Å². The number of rotatable bonds is 6. The molecule has 1 aliphatic rings. The Hall–Kier alpha value is -2.40. The third kappa shape index (κ3) is 4.37. The molecule has 1 unspecified atom stereocenters. The highest BCUT2D eigenvalue weighted by Crippen LogP contribution is 2.37. The number of aromatic nitrogens is 1. The number of aryl methyl sites for hydroxylation is 2. The summed E-state index contributed by atoms with van der Waals surface area (Å²) in [6.45, 7) is 4.01. The second kappa shape index (κ2) is 7.66. The molecule has 0 bridgehead atoms. The van der Waals surface area contributed by atoms with Gasteiger partial charge in [-0.2, -0.15) is 0 Å². The summed E-state index contributed by atoms with van der Waals surface area (Å²) in [4.78, 5) is 16.7. The van der Waals surface area contributed by atoms with Crippen molar-refractivity contribution in [1.29, 1.82) is 0 Å². The zero-order chi connectivity index (χ0) is 17.8. The van der Waals surface area contributed by atoms with Crippen LogP contribution in [0, 0.1) is 19.8 Å². The third-order valence-corrected chi connectivity index (χ3v) is 4.79. The van der Waals surface area contributed by atoms with E-state index in [4.69, 9.17) is 4.74 Å². The van der Waals surface area contributed by atoms with Crippen LogP contribution in [0.1, 0.15) is 35.7 Å².